The van der Waals surface area contributed by atoms with Crippen molar-refractivity contribution in [3.63, 3.8) is 0 Å². The zero-order valence-corrected chi connectivity index (χ0v) is 19.1. The van der Waals surface area contributed by atoms with Crippen LogP contribution in [0.15, 0.2) is 49.1 Å². The summed E-state index contributed by atoms with van der Waals surface area (Å²) in [4.78, 5) is 29.0. The molecule has 3 aromatic heterocycles. The van der Waals surface area contributed by atoms with Gasteiger partial charge < -0.3 is 19.9 Å². The molecule has 0 spiro atoms. The molecule has 1 atom stereocenters. The molecule has 0 saturated heterocycles. The predicted octanol–water partition coefficient (Wildman–Crippen LogP) is 2.34. The summed E-state index contributed by atoms with van der Waals surface area (Å²) in [6.45, 7) is 8.80. The van der Waals surface area contributed by atoms with Crippen molar-refractivity contribution in [3.05, 3.63) is 71.6 Å². The number of rotatable bonds is 9. The molecule has 0 aliphatic carbocycles. The van der Waals surface area contributed by atoms with Gasteiger partial charge in [0.05, 0.1) is 43.8 Å². The summed E-state index contributed by atoms with van der Waals surface area (Å²) in [6.07, 6.45) is 2.99. The number of hydrogen-bond donors (Lipinski definition) is 2. The normalized spacial score (nSPS) is 11.4. The van der Waals surface area contributed by atoms with E-state index in [1.165, 1.54) is 30.9 Å². The van der Waals surface area contributed by atoms with Gasteiger partial charge in [0, 0.05) is 6.20 Å². The van der Waals surface area contributed by atoms with Crippen LogP contribution in [0.1, 0.15) is 11.1 Å². The van der Waals surface area contributed by atoms with Gasteiger partial charge >= 0.3 is 0 Å². The van der Waals surface area contributed by atoms with Crippen molar-refractivity contribution in [2.45, 2.75) is 13.0 Å². The third kappa shape index (κ3) is 5.26. The maximum absolute atomic E-state index is 13.0. The van der Waals surface area contributed by atoms with Crippen LogP contribution in [0.25, 0.3) is 21.6 Å². The van der Waals surface area contributed by atoms with E-state index in [2.05, 4.69) is 30.2 Å². The second-order valence-corrected chi connectivity index (χ2v) is 7.49. The molecule has 0 aliphatic heterocycles. The van der Waals surface area contributed by atoms with E-state index in [4.69, 9.17) is 26.4 Å². The number of nitriles is 1. The number of aliphatic hydroxyl groups excluding tert-OH is 1. The van der Waals surface area contributed by atoms with E-state index in [1.54, 1.807) is 16.8 Å². The number of ether oxygens (including phenoxy) is 2. The van der Waals surface area contributed by atoms with Crippen molar-refractivity contribution in [1.29, 1.82) is 5.26 Å². The summed E-state index contributed by atoms with van der Waals surface area (Å²) in [5.74, 6) is -0.235. The number of nitrogens with one attached hydrogen (secondary N) is 1. The largest absolute Gasteiger partial charge is 0.461 e. The Hall–Kier alpha value is -4.91. The minimum Gasteiger partial charge on any atom is -0.461 e. The van der Waals surface area contributed by atoms with Gasteiger partial charge in [-0.05, 0) is 30.7 Å². The lowest BCUT2D eigenvalue weighted by Gasteiger charge is -2.18. The van der Waals surface area contributed by atoms with Crippen LogP contribution < -0.4 is 10.1 Å². The Balaban J connectivity index is 1.63. The van der Waals surface area contributed by atoms with Gasteiger partial charge in [-0.15, -0.1) is 0 Å². The Labute approximate surface area is 205 Å². The van der Waals surface area contributed by atoms with Crippen LogP contribution in [0.2, 0.25) is 0 Å². The summed E-state index contributed by atoms with van der Waals surface area (Å²) in [5.41, 5.74) is 2.80. The fourth-order valence-electron chi connectivity index (χ4n) is 3.28. The Kier molecular flexibility index (Phi) is 7.41. The number of aliphatic hydroxyl groups is 1. The molecular formula is C24H20N8O4. The number of fused-ring (bicyclic) bond motifs is 1. The van der Waals surface area contributed by atoms with Gasteiger partial charge in [-0.1, -0.05) is 12.1 Å². The van der Waals surface area contributed by atoms with E-state index >= 15 is 0 Å². The first-order chi connectivity index (χ1) is 17.5. The van der Waals surface area contributed by atoms with E-state index < -0.39 is 12.0 Å². The lowest BCUT2D eigenvalue weighted by molar-refractivity contribution is -0.125. The minimum absolute atomic E-state index is 0.00996. The summed E-state index contributed by atoms with van der Waals surface area (Å²) in [5, 5.41) is 25.4. The number of carbonyl (C=O) groups is 1. The van der Waals surface area contributed by atoms with E-state index in [1.807, 2.05) is 19.1 Å². The number of hydrogen-bond acceptors (Lipinski definition) is 9. The summed E-state index contributed by atoms with van der Waals surface area (Å²) >= 11 is 0. The Morgan fingerprint density at radius 2 is 2.14 bits per heavy atom. The molecule has 3 heterocycles. The van der Waals surface area contributed by atoms with Crippen LogP contribution in [-0.2, 0) is 9.53 Å². The fraction of sp³-hybridized carbons (Fsp3) is 0.208. The van der Waals surface area contributed by atoms with Gasteiger partial charge in [0.25, 0.3) is 5.91 Å². The third-order valence-electron chi connectivity index (χ3n) is 5.07. The maximum atomic E-state index is 13.0. The molecule has 0 aliphatic rings. The number of carbonyl (C=O) groups excluding carboxylic acids is 1. The zero-order valence-electron chi connectivity index (χ0n) is 19.1. The molecular weight excluding hydrogens is 464 g/mol. The second-order valence-electron chi connectivity index (χ2n) is 7.49. The first kappa shape index (κ1) is 24.2. The summed E-state index contributed by atoms with van der Waals surface area (Å²) < 4.78 is 12.8. The highest BCUT2D eigenvalue weighted by Crippen LogP contribution is 2.27. The molecule has 1 aromatic carbocycles. The molecule has 0 unspecified atom stereocenters. The van der Waals surface area contributed by atoms with Crippen LogP contribution >= 0.6 is 0 Å². The highest BCUT2D eigenvalue weighted by atomic mass is 16.5. The smallest absolute Gasteiger partial charge is 0.269 e. The van der Waals surface area contributed by atoms with Crippen LogP contribution in [0.5, 0.6) is 5.88 Å². The average Bonchev–Trinajstić information content (AvgIpc) is 3.34. The van der Waals surface area contributed by atoms with E-state index in [0.717, 1.165) is 5.56 Å². The third-order valence-corrected chi connectivity index (χ3v) is 5.07. The number of nitrogens with zero attached hydrogens (tertiary/aromatic N) is 7. The highest BCUT2D eigenvalue weighted by Gasteiger charge is 2.24. The van der Waals surface area contributed by atoms with Crippen LogP contribution in [-0.4, -0.2) is 61.7 Å². The second kappa shape index (κ2) is 11.0. The maximum Gasteiger partial charge on any atom is 0.269 e. The quantitative estimate of drug-likeness (QED) is 0.269. The first-order valence-electron chi connectivity index (χ1n) is 10.7. The van der Waals surface area contributed by atoms with Crippen molar-refractivity contribution in [3.8, 4) is 17.6 Å². The zero-order chi connectivity index (χ0) is 25.5. The van der Waals surface area contributed by atoms with Gasteiger partial charge in [0.2, 0.25) is 12.0 Å². The Bertz CT molecular complexity index is 1470. The van der Waals surface area contributed by atoms with Crippen molar-refractivity contribution >= 4 is 28.4 Å². The Morgan fingerprint density at radius 1 is 1.28 bits per heavy atom. The monoisotopic (exact) mass is 484 g/mol. The summed E-state index contributed by atoms with van der Waals surface area (Å²) in [6, 6.07) is 10.2. The lowest BCUT2D eigenvalue weighted by Crippen LogP contribution is -2.37. The molecule has 12 heteroatoms. The molecule has 0 saturated carbocycles. The van der Waals surface area contributed by atoms with Gasteiger partial charge in [-0.25, -0.2) is 24.5 Å². The van der Waals surface area contributed by atoms with Gasteiger partial charge in [0.1, 0.15) is 23.6 Å². The molecule has 0 bridgehead atoms. The van der Waals surface area contributed by atoms with E-state index in [0.29, 0.717) is 28.0 Å². The van der Waals surface area contributed by atoms with E-state index in [9.17, 15) is 4.79 Å². The molecule has 1 amide bonds. The molecule has 12 nitrogen and oxygen atoms in total. The van der Waals surface area contributed by atoms with Crippen molar-refractivity contribution < 1.29 is 19.4 Å². The number of amides is 1. The highest BCUT2D eigenvalue weighted by molar-refractivity contribution is 5.94. The van der Waals surface area contributed by atoms with Crippen LogP contribution in [0.3, 0.4) is 0 Å². The average molecular weight is 484 g/mol. The minimum atomic E-state index is -1.15. The Morgan fingerprint density at radius 3 is 2.86 bits per heavy atom. The molecule has 4 rings (SSSR count). The molecule has 0 radical (unpaired) electrons. The van der Waals surface area contributed by atoms with Gasteiger partial charge in [0.15, 0.2) is 11.3 Å². The van der Waals surface area contributed by atoms with Gasteiger partial charge in [-0.2, -0.15) is 10.4 Å². The summed E-state index contributed by atoms with van der Waals surface area (Å²) in [7, 11) is 0. The number of aromatic nitrogens is 5. The number of anilines is 1. The molecule has 2 N–H and O–H groups in total. The van der Waals surface area contributed by atoms with Crippen LogP contribution in [0, 0.1) is 24.8 Å². The van der Waals surface area contributed by atoms with Gasteiger partial charge in [-0.3, -0.25) is 4.79 Å². The number of benzene rings is 1. The predicted molar refractivity (Wildman–Crippen MR) is 128 cm³/mol. The lowest BCUT2D eigenvalue weighted by atomic mass is 10.2. The van der Waals surface area contributed by atoms with Crippen molar-refractivity contribution in [2.24, 2.45) is 0 Å². The molecule has 36 heavy (non-hydrogen) atoms. The van der Waals surface area contributed by atoms with Crippen molar-refractivity contribution in [2.75, 3.05) is 25.1 Å². The number of pyridine rings is 1. The molecule has 0 fully saturated rings. The topological polar surface area (TPSA) is 152 Å². The standard InChI is InChI=1S/C24H20N8O4/c1-15-3-5-17(26-2)9-19(15)32-22-18(12-30-32)24(29-14-28-22)36-20(13-35-8-7-33)23(34)31-21-6-4-16(10-25)11-27-21/h3-6,9,11-12,14,20,33H,7-8,13H2,1H3,(H,27,31,34)/t20-/m0/s1. The van der Waals surface area contributed by atoms with Crippen LogP contribution in [0.4, 0.5) is 11.5 Å². The number of aryl methyl sites for hydroxylation is 1. The van der Waals surface area contributed by atoms with Crippen molar-refractivity contribution in [1.82, 2.24) is 24.7 Å². The molecule has 180 valence electrons. The van der Waals surface area contributed by atoms with E-state index in [-0.39, 0.29) is 31.5 Å². The fourth-order valence-corrected chi connectivity index (χ4v) is 3.28. The molecule has 4 aromatic rings. The first-order valence-corrected chi connectivity index (χ1v) is 10.7. The SMILES string of the molecule is [C-]#[N+]c1ccc(C)c(-n2ncc3c(O[C@@H](COCCO)C(=O)Nc4ccc(C#N)cn4)ncnc32)c1.